The molecule has 1 saturated heterocycles. The standard InChI is InChI=1S/C11H15ClN2O/c12-10-4-3-5-11(9(10)8-15-13)14-6-1-2-7-14/h3-5H,1-2,6-8,13H2. The second-order valence-corrected chi connectivity index (χ2v) is 4.15. The SMILES string of the molecule is NOCc1c(Cl)cccc1N1CCCC1. The molecule has 0 unspecified atom stereocenters. The Hall–Kier alpha value is -0.770. The maximum Gasteiger partial charge on any atom is 0.0964 e. The second kappa shape index (κ2) is 4.84. The summed E-state index contributed by atoms with van der Waals surface area (Å²) < 4.78 is 0. The van der Waals surface area contributed by atoms with Crippen LogP contribution in [0.15, 0.2) is 18.2 Å². The lowest BCUT2D eigenvalue weighted by Gasteiger charge is -2.21. The predicted molar refractivity (Wildman–Crippen MR) is 61.9 cm³/mol. The number of hydrogen-bond acceptors (Lipinski definition) is 3. The summed E-state index contributed by atoms with van der Waals surface area (Å²) in [6, 6.07) is 5.91. The molecular formula is C11H15ClN2O. The molecule has 0 aromatic heterocycles. The third-order valence-electron chi connectivity index (χ3n) is 2.77. The fourth-order valence-electron chi connectivity index (χ4n) is 2.03. The van der Waals surface area contributed by atoms with Crippen molar-refractivity contribution in [3.63, 3.8) is 0 Å². The molecule has 3 nitrogen and oxygen atoms in total. The van der Waals surface area contributed by atoms with Gasteiger partial charge in [0.05, 0.1) is 6.61 Å². The van der Waals surface area contributed by atoms with Gasteiger partial charge in [-0.05, 0) is 25.0 Å². The van der Waals surface area contributed by atoms with E-state index in [1.54, 1.807) is 0 Å². The highest BCUT2D eigenvalue weighted by molar-refractivity contribution is 6.31. The van der Waals surface area contributed by atoms with E-state index in [0.29, 0.717) is 6.61 Å². The monoisotopic (exact) mass is 226 g/mol. The molecule has 0 spiro atoms. The molecule has 2 rings (SSSR count). The molecule has 2 N–H and O–H groups in total. The van der Waals surface area contributed by atoms with Gasteiger partial charge < -0.3 is 4.90 Å². The fourth-order valence-corrected chi connectivity index (χ4v) is 2.25. The van der Waals surface area contributed by atoms with Crippen molar-refractivity contribution in [2.24, 2.45) is 5.90 Å². The zero-order chi connectivity index (χ0) is 10.7. The van der Waals surface area contributed by atoms with E-state index in [4.69, 9.17) is 22.3 Å². The van der Waals surface area contributed by atoms with Crippen LogP contribution in [-0.2, 0) is 11.4 Å². The average Bonchev–Trinajstić information content (AvgIpc) is 2.74. The van der Waals surface area contributed by atoms with Crippen LogP contribution < -0.4 is 10.8 Å². The molecule has 1 aliphatic rings. The van der Waals surface area contributed by atoms with Crippen LogP contribution in [0.1, 0.15) is 18.4 Å². The first kappa shape index (κ1) is 10.7. The Morgan fingerprint density at radius 1 is 1.33 bits per heavy atom. The quantitative estimate of drug-likeness (QED) is 0.804. The molecule has 0 atom stereocenters. The van der Waals surface area contributed by atoms with Crippen LogP contribution in [0.4, 0.5) is 5.69 Å². The zero-order valence-electron chi connectivity index (χ0n) is 8.58. The summed E-state index contributed by atoms with van der Waals surface area (Å²) in [6.45, 7) is 2.56. The van der Waals surface area contributed by atoms with Gasteiger partial charge in [-0.15, -0.1) is 0 Å². The number of nitrogens with zero attached hydrogens (tertiary/aromatic N) is 1. The van der Waals surface area contributed by atoms with Gasteiger partial charge in [-0.2, -0.15) is 0 Å². The van der Waals surface area contributed by atoms with Crippen LogP contribution >= 0.6 is 11.6 Å². The Balaban J connectivity index is 2.31. The fraction of sp³-hybridized carbons (Fsp3) is 0.455. The lowest BCUT2D eigenvalue weighted by molar-refractivity contribution is 0.124. The Kier molecular flexibility index (Phi) is 3.46. The second-order valence-electron chi connectivity index (χ2n) is 3.74. The topological polar surface area (TPSA) is 38.5 Å². The molecule has 1 aliphatic heterocycles. The number of halogens is 1. The summed E-state index contributed by atoms with van der Waals surface area (Å²) in [6.07, 6.45) is 2.49. The third kappa shape index (κ3) is 2.25. The van der Waals surface area contributed by atoms with Crippen molar-refractivity contribution >= 4 is 17.3 Å². The number of anilines is 1. The lowest BCUT2D eigenvalue weighted by Crippen LogP contribution is -2.20. The van der Waals surface area contributed by atoms with Crippen LogP contribution in [0, 0.1) is 0 Å². The van der Waals surface area contributed by atoms with Crippen LogP contribution in [0.3, 0.4) is 0 Å². The predicted octanol–water partition coefficient (Wildman–Crippen LogP) is 2.33. The minimum atomic E-state index is 0.367. The Labute approximate surface area is 94.7 Å². The summed E-state index contributed by atoms with van der Waals surface area (Å²) in [5.41, 5.74) is 2.15. The molecule has 1 aromatic carbocycles. The van der Waals surface area contributed by atoms with Crippen molar-refractivity contribution < 1.29 is 4.84 Å². The largest absolute Gasteiger partial charge is 0.371 e. The highest BCUT2D eigenvalue weighted by Gasteiger charge is 2.17. The molecule has 0 bridgehead atoms. The van der Waals surface area contributed by atoms with E-state index in [1.165, 1.54) is 12.8 Å². The van der Waals surface area contributed by atoms with Crippen molar-refractivity contribution in [2.75, 3.05) is 18.0 Å². The maximum atomic E-state index is 6.12. The highest BCUT2D eigenvalue weighted by Crippen LogP contribution is 2.30. The third-order valence-corrected chi connectivity index (χ3v) is 3.12. The van der Waals surface area contributed by atoms with Gasteiger partial charge >= 0.3 is 0 Å². The first-order valence-corrected chi connectivity index (χ1v) is 5.54. The van der Waals surface area contributed by atoms with E-state index in [2.05, 4.69) is 11.0 Å². The number of benzene rings is 1. The highest BCUT2D eigenvalue weighted by atomic mass is 35.5. The van der Waals surface area contributed by atoms with Crippen molar-refractivity contribution in [3.05, 3.63) is 28.8 Å². The van der Waals surface area contributed by atoms with Crippen molar-refractivity contribution in [1.82, 2.24) is 0 Å². The molecule has 1 fully saturated rings. The van der Waals surface area contributed by atoms with Gasteiger partial charge in [-0.1, -0.05) is 17.7 Å². The number of rotatable bonds is 3. The molecule has 4 heteroatoms. The summed E-state index contributed by atoms with van der Waals surface area (Å²) in [7, 11) is 0. The maximum absolute atomic E-state index is 6.12. The Bertz CT molecular complexity index is 337. The molecule has 15 heavy (non-hydrogen) atoms. The van der Waals surface area contributed by atoms with Gasteiger partial charge in [-0.3, -0.25) is 4.84 Å². The first-order valence-electron chi connectivity index (χ1n) is 5.17. The number of nitrogens with two attached hydrogens (primary N) is 1. The van der Waals surface area contributed by atoms with Gasteiger partial charge in [0.1, 0.15) is 0 Å². The lowest BCUT2D eigenvalue weighted by atomic mass is 10.1. The smallest absolute Gasteiger partial charge is 0.0964 e. The average molecular weight is 227 g/mol. The van der Waals surface area contributed by atoms with Gasteiger partial charge in [0.15, 0.2) is 0 Å². The van der Waals surface area contributed by atoms with Gasteiger partial charge in [0.2, 0.25) is 0 Å². The van der Waals surface area contributed by atoms with E-state index in [9.17, 15) is 0 Å². The minimum absolute atomic E-state index is 0.367. The van der Waals surface area contributed by atoms with E-state index < -0.39 is 0 Å². The van der Waals surface area contributed by atoms with Crippen molar-refractivity contribution in [3.8, 4) is 0 Å². The molecule has 1 heterocycles. The van der Waals surface area contributed by atoms with Crippen LogP contribution in [0.5, 0.6) is 0 Å². The molecular weight excluding hydrogens is 212 g/mol. The van der Waals surface area contributed by atoms with Gasteiger partial charge in [0, 0.05) is 29.4 Å². The van der Waals surface area contributed by atoms with E-state index in [0.717, 1.165) is 29.4 Å². The number of hydrogen-bond donors (Lipinski definition) is 1. The first-order chi connectivity index (χ1) is 7.33. The molecule has 0 saturated carbocycles. The molecule has 0 radical (unpaired) electrons. The van der Waals surface area contributed by atoms with Crippen molar-refractivity contribution in [1.29, 1.82) is 0 Å². The van der Waals surface area contributed by atoms with Crippen molar-refractivity contribution in [2.45, 2.75) is 19.4 Å². The Morgan fingerprint density at radius 2 is 2.07 bits per heavy atom. The molecule has 0 aliphatic carbocycles. The van der Waals surface area contributed by atoms with Gasteiger partial charge in [0.25, 0.3) is 0 Å². The summed E-state index contributed by atoms with van der Waals surface area (Å²) in [5, 5.41) is 0.727. The molecule has 0 amide bonds. The van der Waals surface area contributed by atoms with Crippen LogP contribution in [-0.4, -0.2) is 13.1 Å². The minimum Gasteiger partial charge on any atom is -0.371 e. The molecule has 1 aromatic rings. The summed E-state index contributed by atoms with van der Waals surface area (Å²) >= 11 is 6.12. The molecule has 82 valence electrons. The van der Waals surface area contributed by atoms with E-state index >= 15 is 0 Å². The zero-order valence-corrected chi connectivity index (χ0v) is 9.33. The summed E-state index contributed by atoms with van der Waals surface area (Å²) in [4.78, 5) is 7.03. The van der Waals surface area contributed by atoms with Crippen LogP contribution in [0.2, 0.25) is 5.02 Å². The van der Waals surface area contributed by atoms with Crippen LogP contribution in [0.25, 0.3) is 0 Å². The van der Waals surface area contributed by atoms with E-state index in [-0.39, 0.29) is 0 Å². The Morgan fingerprint density at radius 3 is 2.73 bits per heavy atom. The summed E-state index contributed by atoms with van der Waals surface area (Å²) in [5.74, 6) is 5.12. The normalized spacial score (nSPS) is 16.0. The van der Waals surface area contributed by atoms with E-state index in [1.807, 2.05) is 12.1 Å². The van der Waals surface area contributed by atoms with Gasteiger partial charge in [-0.25, -0.2) is 5.90 Å².